The van der Waals surface area contributed by atoms with Crippen molar-refractivity contribution in [3.63, 3.8) is 0 Å². The van der Waals surface area contributed by atoms with E-state index in [0.717, 1.165) is 0 Å². The van der Waals surface area contributed by atoms with Crippen molar-refractivity contribution in [2.45, 2.75) is 0 Å². The molecule has 4 N–H and O–H groups in total. The van der Waals surface area contributed by atoms with E-state index < -0.39 is 25.7 Å². The molecule has 0 aliphatic rings. The van der Waals surface area contributed by atoms with Crippen LogP contribution in [0, 0.1) is 20.4 Å². The number of nitrogens with zero attached hydrogens (tertiary/aromatic N) is 1. The summed E-state index contributed by atoms with van der Waals surface area (Å²) in [6, 6.07) is 0. The Morgan fingerprint density at radius 1 is 1.14 bits per heavy atom. The van der Waals surface area contributed by atoms with Crippen molar-refractivity contribution in [3.05, 3.63) is 10.1 Å². The molecule has 0 aromatic carbocycles. The van der Waals surface area contributed by atoms with Crippen molar-refractivity contribution >= 4 is 10.4 Å². The first kappa shape index (κ1) is 18.9. The zero-order valence-corrected chi connectivity index (χ0v) is 7.45. The lowest BCUT2D eigenvalue weighted by Crippen LogP contribution is -2.58. The van der Waals surface area contributed by atoms with E-state index in [1.807, 2.05) is 0 Å². The Labute approximate surface area is 78.1 Å². The summed E-state index contributed by atoms with van der Waals surface area (Å²) in [6.45, 7) is 0. The van der Waals surface area contributed by atoms with Crippen LogP contribution in [0.25, 0.3) is 0 Å². The van der Waals surface area contributed by atoms with E-state index in [9.17, 15) is 0 Å². The number of hydrogen-bond donors (Lipinski definition) is 4. The maximum absolute atomic E-state index is 8.74. The van der Waals surface area contributed by atoms with Crippen molar-refractivity contribution in [1.29, 1.82) is 0 Å². The fourth-order valence-electron chi connectivity index (χ4n) is 0. The van der Waals surface area contributed by atoms with E-state index in [4.69, 9.17) is 51.5 Å². The first-order chi connectivity index (χ1) is 5.73. The van der Waals surface area contributed by atoms with E-state index in [1.54, 1.807) is 0 Å². The molecule has 0 aromatic rings. The Bertz CT molecular complexity index is 215. The van der Waals surface area contributed by atoms with Crippen LogP contribution in [-0.4, -0.2) is 32.5 Å². The van der Waals surface area contributed by atoms with Crippen LogP contribution >= 0.6 is 0 Å². The van der Waals surface area contributed by atoms with E-state index in [2.05, 4.69) is 0 Å². The van der Waals surface area contributed by atoms with Gasteiger partial charge in [0.25, 0.3) is 5.09 Å². The minimum atomic E-state index is -4.69. The molecule has 0 aliphatic heterocycles. The molecule has 0 bridgehead atoms. The van der Waals surface area contributed by atoms with Crippen molar-refractivity contribution in [3.8, 4) is 0 Å². The van der Waals surface area contributed by atoms with Gasteiger partial charge < -0.3 is 5.21 Å². The molecule has 88 valence electrons. The molecule has 0 rings (SSSR count). The normalized spacial score (nSPS) is 10.1. The highest BCUT2D eigenvalue weighted by atomic mass is 35.7. The van der Waals surface area contributed by atoms with E-state index >= 15 is 0 Å². The van der Waals surface area contributed by atoms with Gasteiger partial charge in [-0.25, -0.2) is 0 Å². The van der Waals surface area contributed by atoms with Crippen LogP contribution in [0.1, 0.15) is 0 Å². The number of rotatable bonds is 0. The Morgan fingerprint density at radius 3 is 1.14 bits per heavy atom. The molecule has 0 unspecified atom stereocenters. The van der Waals surface area contributed by atoms with Crippen LogP contribution < -0.4 is 14.0 Å². The molecule has 0 atom stereocenters. The van der Waals surface area contributed by atoms with Gasteiger partial charge in [0, 0.05) is 0 Å². The highest BCUT2D eigenvalue weighted by molar-refractivity contribution is 7.79. The van der Waals surface area contributed by atoms with Gasteiger partial charge in [-0.1, -0.05) is 0 Å². The van der Waals surface area contributed by atoms with Crippen molar-refractivity contribution in [2.75, 3.05) is 0 Å². The van der Waals surface area contributed by atoms with Crippen LogP contribution in [0.2, 0.25) is 0 Å². The van der Waals surface area contributed by atoms with Gasteiger partial charge in [-0.05, 0) is 0 Å². The Kier molecular flexibility index (Phi) is 10.2. The number of hydrogen-bond acceptors (Lipinski definition) is 8. The predicted molar refractivity (Wildman–Crippen MR) is 25.2 cm³/mol. The third-order valence-electron chi connectivity index (χ3n) is 0. The molecule has 12 nitrogen and oxygen atoms in total. The summed E-state index contributed by atoms with van der Waals surface area (Å²) in [6.07, 6.45) is 0. The topological polar surface area (TPSA) is 227 Å². The van der Waals surface area contributed by atoms with E-state index in [-0.39, 0.29) is 0 Å². The number of halogens is 1. The lowest BCUT2D eigenvalue weighted by Gasteiger charge is -2.03. The Balaban J connectivity index is -0.000000131. The monoisotopic (exact) mass is 261 g/mol. The molecule has 0 heterocycles. The lowest BCUT2D eigenvalue weighted by atomic mass is 13.1. The average molecular weight is 262 g/mol. The third-order valence-corrected chi connectivity index (χ3v) is 0. The molecule has 0 spiro atoms. The largest absolute Gasteiger partial charge is 0.394 e. The molecule has 0 saturated heterocycles. The molecule has 14 heavy (non-hydrogen) atoms. The van der Waals surface area contributed by atoms with Gasteiger partial charge in [0.1, 0.15) is 0 Å². The maximum Gasteiger partial charge on any atom is 0.394 e. The Hall–Kier alpha value is -0.800. The minimum Gasteiger partial charge on any atom is -0.328 e. The van der Waals surface area contributed by atoms with Gasteiger partial charge in [-0.3, -0.25) is 9.11 Å². The molecule has 0 fully saturated rings. The van der Waals surface area contributed by atoms with Gasteiger partial charge in [-0.2, -0.15) is 22.4 Å². The summed E-state index contributed by atoms with van der Waals surface area (Å²) in [4.78, 5) is 8.36. The lowest BCUT2D eigenvalue weighted by molar-refractivity contribution is -1.92. The molecular weight excluding hydrogens is 258 g/mol. The quantitative estimate of drug-likeness (QED) is 0.183. The van der Waals surface area contributed by atoms with Crippen LogP contribution in [-0.2, 0) is 10.4 Å². The zero-order chi connectivity index (χ0) is 12.6. The second-order valence-electron chi connectivity index (χ2n) is 1.08. The highest BCUT2D eigenvalue weighted by Crippen LogP contribution is 1.61. The van der Waals surface area contributed by atoms with Crippen LogP contribution in [0.5, 0.6) is 0 Å². The fourth-order valence-corrected chi connectivity index (χ4v) is 0. The molecule has 0 radical (unpaired) electrons. The van der Waals surface area contributed by atoms with Crippen LogP contribution in [0.3, 0.4) is 0 Å². The predicted octanol–water partition coefficient (Wildman–Crippen LogP) is -5.12. The van der Waals surface area contributed by atoms with Crippen molar-refractivity contribution < 1.29 is 56.7 Å². The second kappa shape index (κ2) is 7.59. The van der Waals surface area contributed by atoms with Crippen molar-refractivity contribution in [1.82, 2.24) is 0 Å². The van der Waals surface area contributed by atoms with Crippen LogP contribution in [0.15, 0.2) is 0 Å². The van der Waals surface area contributed by atoms with Gasteiger partial charge in [-0.15, -0.1) is 10.1 Å². The minimum absolute atomic E-state index is 1.50. The molecule has 0 aromatic heterocycles. The molecule has 0 saturated carbocycles. The summed E-state index contributed by atoms with van der Waals surface area (Å²) in [5, 5.41) is 13.6. The van der Waals surface area contributed by atoms with Gasteiger partial charge in [0.05, 0.1) is 14.9 Å². The third kappa shape index (κ3) is 1820. The highest BCUT2D eigenvalue weighted by Gasteiger charge is 1.98. The van der Waals surface area contributed by atoms with E-state index in [0.29, 0.717) is 0 Å². The van der Waals surface area contributed by atoms with Gasteiger partial charge in [0.15, 0.2) is 0 Å². The second-order valence-corrected chi connectivity index (χ2v) is 2.77. The standard InChI is InChI=1S/ClHO4.HNO3.H2O4S/c2-1(3,4)5;2-1(3)4;1-5(2,3)4/h(H,2,3,4,5);(H,2,3,4);(H2,1,2,3,4). The smallest absolute Gasteiger partial charge is 0.328 e. The fraction of sp³-hybridized carbons (Fsp3) is 0. The summed E-state index contributed by atoms with van der Waals surface area (Å²) >= 11 is 0. The van der Waals surface area contributed by atoms with E-state index in [1.165, 1.54) is 0 Å². The first-order valence-electron chi connectivity index (χ1n) is 1.90. The molecule has 0 amide bonds. The SMILES string of the molecule is O=S(=O)(O)O.O=[N+]([O-])O.[O-][Cl+3]([O-])([O-])O. The zero-order valence-electron chi connectivity index (χ0n) is 5.88. The molecule has 0 aliphatic carbocycles. The van der Waals surface area contributed by atoms with Gasteiger partial charge in [0.2, 0.25) is 0 Å². The summed E-state index contributed by atoms with van der Waals surface area (Å²) < 4.78 is 64.3. The van der Waals surface area contributed by atoms with Gasteiger partial charge >= 0.3 is 10.4 Å². The van der Waals surface area contributed by atoms with Crippen molar-refractivity contribution in [2.24, 2.45) is 0 Å². The van der Waals surface area contributed by atoms with Crippen LogP contribution in [0.4, 0.5) is 0 Å². The average Bonchev–Trinajstić information content (AvgIpc) is 1.45. The summed E-state index contributed by atoms with van der Waals surface area (Å²) in [7, 11) is -9.36. The molecular formula is H4ClNO11S. The summed E-state index contributed by atoms with van der Waals surface area (Å²) in [5.41, 5.74) is 0. The first-order valence-corrected chi connectivity index (χ1v) is 4.56. The maximum atomic E-state index is 8.74. The molecule has 14 heteroatoms. The summed E-state index contributed by atoms with van der Waals surface area (Å²) in [5.74, 6) is 0. The Morgan fingerprint density at radius 2 is 1.14 bits per heavy atom.